The Bertz CT molecular complexity index is 350. The topological polar surface area (TPSA) is 80.0 Å². The number of amides is 1. The van der Waals surface area contributed by atoms with E-state index in [1.165, 1.54) is 6.20 Å². The zero-order valence-corrected chi connectivity index (χ0v) is 7.00. The average Bonchev–Trinajstić information content (AvgIpc) is 2.17. The van der Waals surface area contributed by atoms with Crippen LogP contribution < -0.4 is 16.4 Å². The fourth-order valence-corrected chi connectivity index (χ4v) is 1.36. The molecule has 4 N–H and O–H groups in total. The lowest BCUT2D eigenvalue weighted by Gasteiger charge is -2.20. The van der Waals surface area contributed by atoms with Crippen LogP contribution >= 0.6 is 0 Å². The normalized spacial score (nSPS) is 13.8. The number of carbonyl (C=O) groups excluding carboxylic acids is 1. The third-order valence-corrected chi connectivity index (χ3v) is 1.95. The molecule has 0 spiro atoms. The number of aromatic nitrogens is 1. The van der Waals surface area contributed by atoms with Crippen LogP contribution in [-0.2, 0) is 0 Å². The van der Waals surface area contributed by atoms with Gasteiger partial charge in [0, 0.05) is 19.3 Å². The third kappa shape index (κ3) is 1.28. The molecule has 5 heteroatoms. The van der Waals surface area contributed by atoms with E-state index in [-0.39, 0.29) is 0 Å². The molecule has 1 aromatic rings. The van der Waals surface area contributed by atoms with Crippen molar-refractivity contribution in [1.82, 2.24) is 4.98 Å². The van der Waals surface area contributed by atoms with E-state index >= 15 is 0 Å². The van der Waals surface area contributed by atoms with Crippen molar-refractivity contribution in [1.29, 1.82) is 0 Å². The summed E-state index contributed by atoms with van der Waals surface area (Å²) in [6.07, 6.45) is 3.15. The number of nitrogens with zero attached hydrogens (tertiary/aromatic N) is 1. The summed E-state index contributed by atoms with van der Waals surface area (Å²) in [5.41, 5.74) is 7.22. The predicted molar refractivity (Wildman–Crippen MR) is 49.7 cm³/mol. The molecule has 2 rings (SSSR count). The standard InChI is InChI=1S/C8H10N4O/c9-8(13)5-3-10-4-6-7(5)12-2-1-11-6/h3-4,11-12H,1-2H2,(H2,9,13). The molecular weight excluding hydrogens is 168 g/mol. The predicted octanol–water partition coefficient (Wildman–Crippen LogP) is 0.0179. The van der Waals surface area contributed by atoms with E-state index in [0.29, 0.717) is 5.56 Å². The van der Waals surface area contributed by atoms with Gasteiger partial charge in [0.25, 0.3) is 5.91 Å². The summed E-state index contributed by atoms with van der Waals surface area (Å²) in [5, 5.41) is 6.23. The molecule has 0 saturated carbocycles. The smallest absolute Gasteiger partial charge is 0.252 e. The monoisotopic (exact) mass is 178 g/mol. The summed E-state index contributed by atoms with van der Waals surface area (Å²) in [6.45, 7) is 1.62. The fourth-order valence-electron chi connectivity index (χ4n) is 1.36. The summed E-state index contributed by atoms with van der Waals surface area (Å²) in [6, 6.07) is 0. The highest BCUT2D eigenvalue weighted by atomic mass is 16.1. The van der Waals surface area contributed by atoms with Gasteiger partial charge in [-0.25, -0.2) is 0 Å². The van der Waals surface area contributed by atoms with Crippen LogP contribution in [0.3, 0.4) is 0 Å². The van der Waals surface area contributed by atoms with Crippen LogP contribution in [0.4, 0.5) is 11.4 Å². The molecule has 0 fully saturated rings. The van der Waals surface area contributed by atoms with E-state index in [2.05, 4.69) is 15.6 Å². The second-order valence-electron chi connectivity index (χ2n) is 2.83. The van der Waals surface area contributed by atoms with Gasteiger partial charge in [0.1, 0.15) is 0 Å². The van der Waals surface area contributed by atoms with Crippen molar-refractivity contribution in [2.75, 3.05) is 23.7 Å². The molecular formula is C8H10N4O. The first-order valence-corrected chi connectivity index (χ1v) is 4.04. The summed E-state index contributed by atoms with van der Waals surface area (Å²) in [4.78, 5) is 14.9. The van der Waals surface area contributed by atoms with E-state index in [9.17, 15) is 4.79 Å². The largest absolute Gasteiger partial charge is 0.381 e. The maximum atomic E-state index is 11.0. The van der Waals surface area contributed by atoms with Crippen molar-refractivity contribution in [2.24, 2.45) is 5.73 Å². The SMILES string of the molecule is NC(=O)c1cncc2c1NCCN2. The number of primary amides is 1. The molecule has 1 aliphatic rings. The molecule has 0 radical (unpaired) electrons. The lowest BCUT2D eigenvalue weighted by atomic mass is 10.1. The molecule has 0 unspecified atom stereocenters. The maximum Gasteiger partial charge on any atom is 0.252 e. The molecule has 5 nitrogen and oxygen atoms in total. The van der Waals surface area contributed by atoms with Crippen LogP contribution in [0.1, 0.15) is 10.4 Å². The minimum absolute atomic E-state index is 0.435. The third-order valence-electron chi connectivity index (χ3n) is 1.95. The Morgan fingerprint density at radius 1 is 1.38 bits per heavy atom. The van der Waals surface area contributed by atoms with Gasteiger partial charge in [-0.1, -0.05) is 0 Å². The van der Waals surface area contributed by atoms with E-state index in [1.807, 2.05) is 0 Å². The van der Waals surface area contributed by atoms with Crippen LogP contribution in [-0.4, -0.2) is 24.0 Å². The maximum absolute atomic E-state index is 11.0. The molecule has 0 aromatic carbocycles. The fraction of sp³-hybridized carbons (Fsp3) is 0.250. The van der Waals surface area contributed by atoms with Crippen molar-refractivity contribution >= 4 is 17.3 Å². The summed E-state index contributed by atoms with van der Waals surface area (Å²) >= 11 is 0. The van der Waals surface area contributed by atoms with Gasteiger partial charge in [-0.15, -0.1) is 0 Å². The van der Waals surface area contributed by atoms with Crippen LogP contribution in [0.25, 0.3) is 0 Å². The number of anilines is 2. The van der Waals surface area contributed by atoms with Gasteiger partial charge >= 0.3 is 0 Å². The highest BCUT2D eigenvalue weighted by Crippen LogP contribution is 2.26. The Labute approximate surface area is 75.3 Å². The Balaban J connectivity index is 2.52. The van der Waals surface area contributed by atoms with E-state index in [0.717, 1.165) is 24.5 Å². The van der Waals surface area contributed by atoms with E-state index < -0.39 is 5.91 Å². The molecule has 2 heterocycles. The summed E-state index contributed by atoms with van der Waals surface area (Å²) < 4.78 is 0. The summed E-state index contributed by atoms with van der Waals surface area (Å²) in [7, 11) is 0. The first-order chi connectivity index (χ1) is 6.29. The van der Waals surface area contributed by atoms with Gasteiger partial charge in [0.15, 0.2) is 0 Å². The number of nitrogens with one attached hydrogen (secondary N) is 2. The number of hydrogen-bond acceptors (Lipinski definition) is 4. The van der Waals surface area contributed by atoms with Gasteiger partial charge in [-0.2, -0.15) is 0 Å². The minimum atomic E-state index is -0.458. The Hall–Kier alpha value is -1.78. The molecule has 0 aliphatic carbocycles. The molecule has 0 bridgehead atoms. The first-order valence-electron chi connectivity index (χ1n) is 4.04. The number of fused-ring (bicyclic) bond motifs is 1. The van der Waals surface area contributed by atoms with Crippen LogP contribution in [0.15, 0.2) is 12.4 Å². The van der Waals surface area contributed by atoms with E-state index in [1.54, 1.807) is 6.20 Å². The van der Waals surface area contributed by atoms with Crippen molar-refractivity contribution in [3.05, 3.63) is 18.0 Å². The second kappa shape index (κ2) is 2.93. The van der Waals surface area contributed by atoms with Crippen molar-refractivity contribution in [3.8, 4) is 0 Å². The zero-order chi connectivity index (χ0) is 9.26. The minimum Gasteiger partial charge on any atom is -0.381 e. The van der Waals surface area contributed by atoms with Crippen molar-refractivity contribution < 1.29 is 4.79 Å². The van der Waals surface area contributed by atoms with Crippen LogP contribution in [0.5, 0.6) is 0 Å². The number of rotatable bonds is 1. The Morgan fingerprint density at radius 2 is 2.15 bits per heavy atom. The van der Waals surface area contributed by atoms with E-state index in [4.69, 9.17) is 5.73 Å². The lowest BCUT2D eigenvalue weighted by Crippen LogP contribution is -2.24. The number of carbonyl (C=O) groups is 1. The quantitative estimate of drug-likeness (QED) is 0.566. The molecule has 0 saturated heterocycles. The van der Waals surface area contributed by atoms with Crippen molar-refractivity contribution in [2.45, 2.75) is 0 Å². The number of pyridine rings is 1. The molecule has 0 atom stereocenters. The Kier molecular flexibility index (Phi) is 1.77. The number of hydrogen-bond donors (Lipinski definition) is 3. The van der Waals surface area contributed by atoms with Gasteiger partial charge in [0.2, 0.25) is 0 Å². The summed E-state index contributed by atoms with van der Waals surface area (Å²) in [5.74, 6) is -0.458. The van der Waals surface area contributed by atoms with Gasteiger partial charge in [0.05, 0.1) is 23.1 Å². The molecule has 13 heavy (non-hydrogen) atoms. The van der Waals surface area contributed by atoms with Crippen LogP contribution in [0.2, 0.25) is 0 Å². The highest BCUT2D eigenvalue weighted by molar-refractivity contribution is 6.01. The second-order valence-corrected chi connectivity index (χ2v) is 2.83. The molecule has 1 aromatic heterocycles. The molecule has 68 valence electrons. The Morgan fingerprint density at radius 3 is 2.92 bits per heavy atom. The van der Waals surface area contributed by atoms with Gasteiger partial charge in [-0.3, -0.25) is 9.78 Å². The highest BCUT2D eigenvalue weighted by Gasteiger charge is 2.15. The average molecular weight is 178 g/mol. The lowest BCUT2D eigenvalue weighted by molar-refractivity contribution is 0.100. The molecule has 1 amide bonds. The first kappa shape index (κ1) is 7.85. The number of nitrogens with two attached hydrogens (primary N) is 1. The van der Waals surface area contributed by atoms with Gasteiger partial charge < -0.3 is 16.4 Å². The molecule has 1 aliphatic heterocycles. The zero-order valence-electron chi connectivity index (χ0n) is 7.00. The van der Waals surface area contributed by atoms with Crippen LogP contribution in [0, 0.1) is 0 Å². The van der Waals surface area contributed by atoms with Crippen molar-refractivity contribution in [3.63, 3.8) is 0 Å². The van der Waals surface area contributed by atoms with Gasteiger partial charge in [-0.05, 0) is 0 Å².